The second-order valence-electron chi connectivity index (χ2n) is 2.96. The molecule has 0 saturated carbocycles. The molecule has 13 heavy (non-hydrogen) atoms. The van der Waals surface area contributed by atoms with Crippen LogP contribution in [-0.2, 0) is 0 Å². The second kappa shape index (κ2) is 4.45. The highest BCUT2D eigenvalue weighted by atomic mass is 14.9. The van der Waals surface area contributed by atoms with Crippen molar-refractivity contribution in [2.24, 2.45) is 10.9 Å². The lowest BCUT2D eigenvalue weighted by atomic mass is 10.2. The Morgan fingerprint density at radius 3 is 2.92 bits per heavy atom. The van der Waals surface area contributed by atoms with Crippen LogP contribution < -0.4 is 0 Å². The van der Waals surface area contributed by atoms with Gasteiger partial charge < -0.3 is 5.41 Å². The van der Waals surface area contributed by atoms with Crippen molar-refractivity contribution in [3.8, 4) is 0 Å². The van der Waals surface area contributed by atoms with E-state index in [-0.39, 0.29) is 0 Å². The van der Waals surface area contributed by atoms with Gasteiger partial charge in [0, 0.05) is 12.4 Å². The van der Waals surface area contributed by atoms with E-state index in [1.807, 2.05) is 20.1 Å². The Morgan fingerprint density at radius 2 is 2.31 bits per heavy atom. The largest absolute Gasteiger partial charge is 0.306 e. The highest BCUT2D eigenvalue weighted by Gasteiger charge is 1.97. The number of nitrogens with zero attached hydrogens (tertiary/aromatic N) is 3. The third-order valence-corrected chi connectivity index (χ3v) is 1.37. The van der Waals surface area contributed by atoms with Crippen LogP contribution in [0.4, 0.5) is 5.69 Å². The van der Waals surface area contributed by atoms with Gasteiger partial charge in [0.2, 0.25) is 0 Å². The zero-order valence-electron chi connectivity index (χ0n) is 7.73. The van der Waals surface area contributed by atoms with Crippen LogP contribution in [0.1, 0.15) is 19.5 Å². The zero-order valence-corrected chi connectivity index (χ0v) is 7.73. The quantitative estimate of drug-likeness (QED) is 0.714. The Hall–Kier alpha value is -1.58. The minimum atomic E-state index is 0.388. The summed E-state index contributed by atoms with van der Waals surface area (Å²) in [6, 6.07) is 0. The van der Waals surface area contributed by atoms with Crippen molar-refractivity contribution in [1.29, 1.82) is 5.41 Å². The summed E-state index contributed by atoms with van der Waals surface area (Å²) < 4.78 is 0. The molecule has 1 N–H and O–H groups in total. The first-order valence-electron chi connectivity index (χ1n) is 4.08. The van der Waals surface area contributed by atoms with Crippen LogP contribution in [0.3, 0.4) is 0 Å². The van der Waals surface area contributed by atoms with Crippen LogP contribution >= 0.6 is 0 Å². The number of nitrogens with one attached hydrogen (secondary N) is 1. The minimum absolute atomic E-state index is 0.388. The summed E-state index contributed by atoms with van der Waals surface area (Å²) in [4.78, 5) is 11.9. The summed E-state index contributed by atoms with van der Waals surface area (Å²) in [7, 11) is 0. The lowest BCUT2D eigenvalue weighted by Crippen LogP contribution is -1.91. The first-order chi connectivity index (χ1) is 6.24. The Labute approximate surface area is 77.3 Å². The van der Waals surface area contributed by atoms with E-state index in [4.69, 9.17) is 5.41 Å². The molecule has 0 saturated heterocycles. The van der Waals surface area contributed by atoms with Crippen molar-refractivity contribution in [2.45, 2.75) is 13.8 Å². The number of hydrogen-bond donors (Lipinski definition) is 1. The average Bonchev–Trinajstić information content (AvgIpc) is 2.15. The molecule has 0 aliphatic carbocycles. The predicted octanol–water partition coefficient (Wildman–Crippen LogP) is 1.83. The molecule has 0 radical (unpaired) electrons. The van der Waals surface area contributed by atoms with Crippen molar-refractivity contribution in [2.75, 3.05) is 0 Å². The maximum Gasteiger partial charge on any atom is 0.116 e. The molecule has 1 heterocycles. The zero-order chi connectivity index (χ0) is 9.68. The van der Waals surface area contributed by atoms with Gasteiger partial charge in [0.15, 0.2) is 0 Å². The maximum atomic E-state index is 7.08. The minimum Gasteiger partial charge on any atom is -0.306 e. The van der Waals surface area contributed by atoms with Gasteiger partial charge in [-0.2, -0.15) is 0 Å². The van der Waals surface area contributed by atoms with Crippen LogP contribution in [0.25, 0.3) is 0 Å². The lowest BCUT2D eigenvalue weighted by molar-refractivity contribution is 0.907. The Bertz CT molecular complexity index is 317. The molecule has 4 heteroatoms. The van der Waals surface area contributed by atoms with Crippen molar-refractivity contribution in [1.82, 2.24) is 9.97 Å². The van der Waals surface area contributed by atoms with Crippen LogP contribution in [-0.4, -0.2) is 22.4 Å². The van der Waals surface area contributed by atoms with Gasteiger partial charge in [-0.1, -0.05) is 13.8 Å². The maximum absolute atomic E-state index is 7.08. The van der Waals surface area contributed by atoms with E-state index >= 15 is 0 Å². The van der Waals surface area contributed by atoms with Gasteiger partial charge in [-0.3, -0.25) is 4.99 Å². The van der Waals surface area contributed by atoms with Crippen molar-refractivity contribution < 1.29 is 0 Å². The average molecular weight is 176 g/mol. The highest BCUT2D eigenvalue weighted by molar-refractivity contribution is 5.82. The molecule has 0 aliphatic rings. The molecule has 1 rings (SSSR count). The smallest absolute Gasteiger partial charge is 0.116 e. The molecule has 0 aliphatic heterocycles. The van der Waals surface area contributed by atoms with Gasteiger partial charge >= 0.3 is 0 Å². The summed E-state index contributed by atoms with van der Waals surface area (Å²) >= 11 is 0. The van der Waals surface area contributed by atoms with Gasteiger partial charge in [0.25, 0.3) is 0 Å². The molecular formula is C9H12N4. The summed E-state index contributed by atoms with van der Waals surface area (Å²) in [5.74, 6) is 0.388. The highest BCUT2D eigenvalue weighted by Crippen LogP contribution is 2.11. The third-order valence-electron chi connectivity index (χ3n) is 1.37. The first kappa shape index (κ1) is 9.51. The molecule has 0 bridgehead atoms. The fourth-order valence-corrected chi connectivity index (χ4v) is 0.772. The molecule has 0 spiro atoms. The Kier molecular flexibility index (Phi) is 3.25. The van der Waals surface area contributed by atoms with E-state index in [1.165, 1.54) is 12.5 Å². The predicted molar refractivity (Wildman–Crippen MR) is 52.9 cm³/mol. The molecular weight excluding hydrogens is 164 g/mol. The molecule has 1 aromatic rings. The molecule has 0 fully saturated rings. The SMILES string of the molecule is CC(C)C=Nc1cncnc1C=N. The fourth-order valence-electron chi connectivity index (χ4n) is 0.772. The van der Waals surface area contributed by atoms with Crippen molar-refractivity contribution in [3.63, 3.8) is 0 Å². The van der Waals surface area contributed by atoms with Crippen LogP contribution in [0.5, 0.6) is 0 Å². The normalized spacial score (nSPS) is 11.0. The summed E-state index contributed by atoms with van der Waals surface area (Å²) in [5.41, 5.74) is 1.19. The van der Waals surface area contributed by atoms with Crippen LogP contribution in [0, 0.1) is 11.3 Å². The summed E-state index contributed by atoms with van der Waals surface area (Å²) in [5, 5.41) is 7.08. The Balaban J connectivity index is 2.93. The monoisotopic (exact) mass is 176 g/mol. The number of hydrogen-bond acceptors (Lipinski definition) is 4. The van der Waals surface area contributed by atoms with Gasteiger partial charge in [-0.15, -0.1) is 0 Å². The third kappa shape index (κ3) is 2.74. The molecule has 1 aromatic heterocycles. The molecule has 0 aromatic carbocycles. The van der Waals surface area contributed by atoms with Gasteiger partial charge in [-0.05, 0) is 5.92 Å². The molecule has 0 unspecified atom stereocenters. The van der Waals surface area contributed by atoms with Gasteiger partial charge in [0.1, 0.15) is 17.7 Å². The molecule has 0 atom stereocenters. The number of aromatic nitrogens is 2. The topological polar surface area (TPSA) is 62.0 Å². The summed E-state index contributed by atoms with van der Waals surface area (Å²) in [6.07, 6.45) is 6.00. The summed E-state index contributed by atoms with van der Waals surface area (Å²) in [6.45, 7) is 4.08. The van der Waals surface area contributed by atoms with E-state index in [0.717, 1.165) is 0 Å². The van der Waals surface area contributed by atoms with E-state index in [9.17, 15) is 0 Å². The van der Waals surface area contributed by atoms with E-state index in [2.05, 4.69) is 15.0 Å². The Morgan fingerprint density at radius 1 is 1.54 bits per heavy atom. The van der Waals surface area contributed by atoms with Crippen molar-refractivity contribution >= 4 is 18.1 Å². The number of rotatable bonds is 3. The fraction of sp³-hybridized carbons (Fsp3) is 0.333. The molecule has 0 amide bonds. The number of aliphatic imine (C=N–C) groups is 1. The lowest BCUT2D eigenvalue weighted by Gasteiger charge is -1.97. The van der Waals surface area contributed by atoms with E-state index in [0.29, 0.717) is 17.3 Å². The van der Waals surface area contributed by atoms with E-state index < -0.39 is 0 Å². The standard InChI is InChI=1S/C9H12N4/c1-7(2)4-12-9-5-11-6-13-8(9)3-10/h3-7,10H,1-2H3. The second-order valence-corrected chi connectivity index (χ2v) is 2.96. The van der Waals surface area contributed by atoms with Crippen LogP contribution in [0.15, 0.2) is 17.5 Å². The van der Waals surface area contributed by atoms with Crippen LogP contribution in [0.2, 0.25) is 0 Å². The van der Waals surface area contributed by atoms with E-state index in [1.54, 1.807) is 6.20 Å². The molecule has 68 valence electrons. The molecule has 4 nitrogen and oxygen atoms in total. The van der Waals surface area contributed by atoms with Gasteiger partial charge in [0.05, 0.1) is 6.20 Å². The van der Waals surface area contributed by atoms with Crippen molar-refractivity contribution in [3.05, 3.63) is 18.2 Å². The first-order valence-corrected chi connectivity index (χ1v) is 4.08. The van der Waals surface area contributed by atoms with Gasteiger partial charge in [-0.25, -0.2) is 9.97 Å².